The van der Waals surface area contributed by atoms with Gasteiger partial charge in [0.2, 0.25) is 5.82 Å². The molecule has 0 saturated carbocycles. The lowest BCUT2D eigenvalue weighted by molar-refractivity contribution is -0.140. The number of aromatic nitrogens is 6. The molecule has 0 spiro atoms. The van der Waals surface area contributed by atoms with Crippen molar-refractivity contribution in [2.45, 2.75) is 32.6 Å². The van der Waals surface area contributed by atoms with Gasteiger partial charge in [0.25, 0.3) is 5.56 Å². The van der Waals surface area contributed by atoms with Crippen LogP contribution in [0.25, 0.3) is 22.6 Å². The maximum Gasteiger partial charge on any atom is 0.419 e. The summed E-state index contributed by atoms with van der Waals surface area (Å²) in [6.45, 7) is 2.23. The molecule has 3 heterocycles. The molecule has 12 heteroatoms. The van der Waals surface area contributed by atoms with E-state index in [2.05, 4.69) is 20.1 Å². The SMILES string of the molecule is CCCn1c(C#N)nc2nc(-c3cnn(Cc4ccc(C(F)(F)F)c(F)c4)c3)[nH]c2c1=O. The number of H-pyrrole nitrogens is 1. The molecule has 4 aromatic rings. The fourth-order valence-electron chi connectivity index (χ4n) is 3.29. The number of hydrogen-bond acceptors (Lipinski definition) is 5. The number of halogens is 4. The fourth-order valence-corrected chi connectivity index (χ4v) is 3.29. The highest BCUT2D eigenvalue weighted by atomic mass is 19.4. The van der Waals surface area contributed by atoms with Crippen molar-refractivity contribution in [3.8, 4) is 17.5 Å². The van der Waals surface area contributed by atoms with Crippen LogP contribution in [-0.4, -0.2) is 29.3 Å². The van der Waals surface area contributed by atoms with E-state index in [1.807, 2.05) is 13.0 Å². The minimum absolute atomic E-state index is 0.0232. The average molecular weight is 445 g/mol. The summed E-state index contributed by atoms with van der Waals surface area (Å²) >= 11 is 0. The number of nitrogens with zero attached hydrogens (tertiary/aromatic N) is 6. The van der Waals surface area contributed by atoms with Crippen LogP contribution in [0.3, 0.4) is 0 Å². The highest BCUT2D eigenvalue weighted by Gasteiger charge is 2.33. The third kappa shape index (κ3) is 3.84. The largest absolute Gasteiger partial charge is 0.419 e. The second kappa shape index (κ2) is 7.92. The van der Waals surface area contributed by atoms with Crippen LogP contribution in [0.5, 0.6) is 0 Å². The minimum atomic E-state index is -4.77. The predicted molar refractivity (Wildman–Crippen MR) is 105 cm³/mol. The van der Waals surface area contributed by atoms with Gasteiger partial charge in [-0.15, -0.1) is 0 Å². The van der Waals surface area contributed by atoms with Crippen LogP contribution >= 0.6 is 0 Å². The van der Waals surface area contributed by atoms with Gasteiger partial charge >= 0.3 is 6.18 Å². The molecule has 0 aliphatic rings. The zero-order chi connectivity index (χ0) is 23.0. The molecule has 0 aliphatic heterocycles. The third-order valence-corrected chi connectivity index (χ3v) is 4.75. The first kappa shape index (κ1) is 21.2. The van der Waals surface area contributed by atoms with E-state index in [1.165, 1.54) is 21.5 Å². The molecule has 1 N–H and O–H groups in total. The lowest BCUT2D eigenvalue weighted by Gasteiger charge is -2.09. The summed E-state index contributed by atoms with van der Waals surface area (Å²) in [5, 5.41) is 13.4. The van der Waals surface area contributed by atoms with Crippen molar-refractivity contribution in [2.24, 2.45) is 0 Å². The van der Waals surface area contributed by atoms with Gasteiger partial charge in [-0.1, -0.05) is 13.0 Å². The Morgan fingerprint density at radius 1 is 1.25 bits per heavy atom. The molecule has 0 saturated heterocycles. The number of nitrogens with one attached hydrogen (secondary N) is 1. The molecule has 0 amide bonds. The standard InChI is InChI=1S/C20H15F4N7O/c1-2-5-31-15(7-25)27-18-16(19(31)32)28-17(29-18)12-8-26-30(10-12)9-11-3-4-13(14(21)6-11)20(22,23)24/h3-4,6,8,10H,2,5,9H2,1H3,(H,28,29). The molecule has 0 unspecified atom stereocenters. The van der Waals surface area contributed by atoms with E-state index in [9.17, 15) is 27.6 Å². The van der Waals surface area contributed by atoms with Crippen LogP contribution in [0.1, 0.15) is 30.3 Å². The van der Waals surface area contributed by atoms with E-state index in [4.69, 9.17) is 0 Å². The van der Waals surface area contributed by atoms with Crippen molar-refractivity contribution in [3.63, 3.8) is 0 Å². The number of aromatic amines is 1. The van der Waals surface area contributed by atoms with Crippen molar-refractivity contribution in [3.05, 3.63) is 63.7 Å². The Hall–Kier alpha value is -4.01. The summed E-state index contributed by atoms with van der Waals surface area (Å²) in [5.41, 5.74) is -0.744. The van der Waals surface area contributed by atoms with E-state index in [1.54, 1.807) is 6.20 Å². The lowest BCUT2D eigenvalue weighted by Crippen LogP contribution is -2.24. The normalized spacial score (nSPS) is 11.8. The first-order valence-electron chi connectivity index (χ1n) is 9.50. The Morgan fingerprint density at radius 2 is 2.03 bits per heavy atom. The molecule has 1 aromatic carbocycles. The maximum absolute atomic E-state index is 13.8. The van der Waals surface area contributed by atoms with Gasteiger partial charge in [0.1, 0.15) is 17.7 Å². The van der Waals surface area contributed by atoms with Gasteiger partial charge in [0.05, 0.1) is 23.9 Å². The molecule has 0 fully saturated rings. The van der Waals surface area contributed by atoms with Crippen LogP contribution in [-0.2, 0) is 19.3 Å². The summed E-state index contributed by atoms with van der Waals surface area (Å²) in [6, 6.07) is 4.57. The second-order valence-electron chi connectivity index (χ2n) is 7.03. The highest BCUT2D eigenvalue weighted by molar-refractivity contribution is 5.75. The molecule has 0 atom stereocenters. The monoisotopic (exact) mass is 445 g/mol. The third-order valence-electron chi connectivity index (χ3n) is 4.75. The van der Waals surface area contributed by atoms with Gasteiger partial charge in [0.15, 0.2) is 11.2 Å². The first-order valence-corrected chi connectivity index (χ1v) is 9.50. The average Bonchev–Trinajstić information content (AvgIpc) is 3.36. The van der Waals surface area contributed by atoms with Crippen molar-refractivity contribution in [1.29, 1.82) is 5.26 Å². The van der Waals surface area contributed by atoms with Crippen molar-refractivity contribution in [2.75, 3.05) is 0 Å². The van der Waals surface area contributed by atoms with Crippen molar-refractivity contribution >= 4 is 11.2 Å². The Balaban J connectivity index is 1.64. The number of rotatable bonds is 5. The zero-order valence-electron chi connectivity index (χ0n) is 16.6. The number of hydrogen-bond donors (Lipinski definition) is 1. The molecule has 0 aliphatic carbocycles. The Kier molecular flexibility index (Phi) is 5.25. The molecule has 8 nitrogen and oxygen atoms in total. The van der Waals surface area contributed by atoms with E-state index in [-0.39, 0.29) is 34.9 Å². The van der Waals surface area contributed by atoms with Crippen molar-refractivity contribution in [1.82, 2.24) is 29.3 Å². The molecule has 0 radical (unpaired) electrons. The molecule has 4 rings (SSSR count). The van der Waals surface area contributed by atoms with Gasteiger partial charge in [-0.25, -0.2) is 9.37 Å². The van der Waals surface area contributed by atoms with E-state index in [0.717, 1.165) is 6.07 Å². The summed E-state index contributed by atoms with van der Waals surface area (Å²) in [4.78, 5) is 24.0. The van der Waals surface area contributed by atoms with E-state index >= 15 is 0 Å². The summed E-state index contributed by atoms with van der Waals surface area (Å²) in [5.74, 6) is -1.11. The Labute approximate surface area is 177 Å². The summed E-state index contributed by atoms with van der Waals surface area (Å²) in [7, 11) is 0. The molecule has 164 valence electrons. The van der Waals surface area contributed by atoms with Crippen molar-refractivity contribution < 1.29 is 17.6 Å². The highest BCUT2D eigenvalue weighted by Crippen LogP contribution is 2.31. The summed E-state index contributed by atoms with van der Waals surface area (Å²) in [6.07, 6.45) is -1.14. The predicted octanol–water partition coefficient (Wildman–Crippen LogP) is 3.47. The van der Waals surface area contributed by atoms with Crippen LogP contribution < -0.4 is 5.56 Å². The second-order valence-corrected chi connectivity index (χ2v) is 7.03. The van der Waals surface area contributed by atoms with Gasteiger partial charge in [-0.05, 0) is 24.1 Å². The Bertz CT molecular complexity index is 1410. The minimum Gasteiger partial charge on any atom is -0.332 e. The zero-order valence-corrected chi connectivity index (χ0v) is 16.6. The van der Waals surface area contributed by atoms with E-state index < -0.39 is 23.1 Å². The number of alkyl halides is 3. The fraction of sp³-hybridized carbons (Fsp3) is 0.250. The number of imidazole rings is 1. The first-order chi connectivity index (χ1) is 15.2. The number of benzene rings is 1. The maximum atomic E-state index is 13.8. The summed E-state index contributed by atoms with van der Waals surface area (Å²) < 4.78 is 54.6. The van der Waals surface area contributed by atoms with Crippen LogP contribution in [0.2, 0.25) is 0 Å². The molecule has 0 bridgehead atoms. The lowest BCUT2D eigenvalue weighted by atomic mass is 10.1. The topological polar surface area (TPSA) is 105 Å². The molecule has 3 aromatic heterocycles. The van der Waals surface area contributed by atoms with Crippen LogP contribution in [0, 0.1) is 17.1 Å². The Morgan fingerprint density at radius 3 is 2.69 bits per heavy atom. The van der Waals surface area contributed by atoms with Gasteiger partial charge in [0, 0.05) is 12.7 Å². The van der Waals surface area contributed by atoms with Crippen LogP contribution in [0.15, 0.2) is 35.4 Å². The molecule has 32 heavy (non-hydrogen) atoms. The molecular formula is C20H15F4N7O. The number of fused-ring (bicyclic) bond motifs is 1. The van der Waals surface area contributed by atoms with Gasteiger partial charge in [-0.3, -0.25) is 14.0 Å². The van der Waals surface area contributed by atoms with E-state index in [0.29, 0.717) is 24.6 Å². The van der Waals surface area contributed by atoms with Gasteiger partial charge in [-0.2, -0.15) is 28.5 Å². The molecular weight excluding hydrogens is 430 g/mol. The number of nitriles is 1. The van der Waals surface area contributed by atoms with Crippen LogP contribution in [0.4, 0.5) is 17.6 Å². The quantitative estimate of drug-likeness (QED) is 0.474. The smallest absolute Gasteiger partial charge is 0.332 e. The van der Waals surface area contributed by atoms with Gasteiger partial charge < -0.3 is 4.98 Å².